The molecule has 0 aliphatic rings. The van der Waals surface area contributed by atoms with Crippen LogP contribution in [0.25, 0.3) is 0 Å². The Labute approximate surface area is 73.1 Å². The van der Waals surface area contributed by atoms with Gasteiger partial charge < -0.3 is 5.32 Å². The zero-order valence-electron chi connectivity index (χ0n) is 7.68. The Balaban J connectivity index is 3.61. The summed E-state index contributed by atoms with van der Waals surface area (Å²) in [5, 5.41) is 3.59. The molecule has 0 rings (SSSR count). The van der Waals surface area contributed by atoms with Gasteiger partial charge in [-0.15, -0.1) is 0 Å². The van der Waals surface area contributed by atoms with Crippen LogP contribution in [0.2, 0.25) is 0 Å². The second kappa shape index (κ2) is 5.61. The first-order valence-corrected chi connectivity index (χ1v) is 4.92. The summed E-state index contributed by atoms with van der Waals surface area (Å²) < 4.78 is 0. The molecule has 0 aliphatic carbocycles. The molecule has 0 amide bonds. The third-order valence-corrected chi connectivity index (χ3v) is 2.63. The SMILES string of the molecule is CNC(CSC(C)C)C(C)=O. The van der Waals surface area contributed by atoms with E-state index in [4.69, 9.17) is 0 Å². The lowest BCUT2D eigenvalue weighted by Crippen LogP contribution is -2.34. The average Bonchev–Trinajstić information content (AvgIpc) is 1.87. The van der Waals surface area contributed by atoms with Gasteiger partial charge in [0.05, 0.1) is 6.04 Å². The molecule has 0 bridgehead atoms. The summed E-state index contributed by atoms with van der Waals surface area (Å²) in [6, 6.07) is 0.0300. The Morgan fingerprint density at radius 1 is 1.55 bits per heavy atom. The van der Waals surface area contributed by atoms with Crippen molar-refractivity contribution in [1.29, 1.82) is 0 Å². The van der Waals surface area contributed by atoms with Crippen LogP contribution >= 0.6 is 11.8 Å². The molecule has 11 heavy (non-hydrogen) atoms. The van der Waals surface area contributed by atoms with Crippen molar-refractivity contribution in [3.05, 3.63) is 0 Å². The van der Waals surface area contributed by atoms with Crippen molar-refractivity contribution in [1.82, 2.24) is 5.32 Å². The van der Waals surface area contributed by atoms with Gasteiger partial charge in [-0.3, -0.25) is 4.79 Å². The minimum absolute atomic E-state index is 0.0300. The van der Waals surface area contributed by atoms with Crippen molar-refractivity contribution in [2.45, 2.75) is 32.1 Å². The van der Waals surface area contributed by atoms with Crippen LogP contribution in [0.15, 0.2) is 0 Å². The number of Topliss-reactive ketones (excluding diaryl/α,β-unsaturated/α-hetero) is 1. The molecule has 0 aromatic heterocycles. The van der Waals surface area contributed by atoms with E-state index in [1.807, 2.05) is 18.8 Å². The van der Waals surface area contributed by atoms with E-state index >= 15 is 0 Å². The number of nitrogens with one attached hydrogen (secondary N) is 1. The minimum atomic E-state index is 0.0300. The van der Waals surface area contributed by atoms with Gasteiger partial charge in [0.2, 0.25) is 0 Å². The first kappa shape index (κ1) is 11.0. The van der Waals surface area contributed by atoms with Gasteiger partial charge in [-0.05, 0) is 19.2 Å². The fourth-order valence-electron chi connectivity index (χ4n) is 0.693. The maximum atomic E-state index is 10.9. The lowest BCUT2D eigenvalue weighted by Gasteiger charge is -2.13. The highest BCUT2D eigenvalue weighted by atomic mass is 32.2. The van der Waals surface area contributed by atoms with Crippen molar-refractivity contribution in [2.24, 2.45) is 0 Å². The first-order valence-electron chi connectivity index (χ1n) is 3.87. The topological polar surface area (TPSA) is 29.1 Å². The number of carbonyl (C=O) groups excluding carboxylic acids is 1. The van der Waals surface area contributed by atoms with E-state index < -0.39 is 0 Å². The fourth-order valence-corrected chi connectivity index (χ4v) is 1.67. The highest BCUT2D eigenvalue weighted by Crippen LogP contribution is 2.10. The van der Waals surface area contributed by atoms with Gasteiger partial charge >= 0.3 is 0 Å². The third kappa shape index (κ3) is 5.27. The number of hydrogen-bond acceptors (Lipinski definition) is 3. The Hall–Kier alpha value is -0.0200. The van der Waals surface area contributed by atoms with E-state index in [9.17, 15) is 4.79 Å². The lowest BCUT2D eigenvalue weighted by atomic mass is 10.2. The first-order chi connectivity index (χ1) is 5.07. The highest BCUT2D eigenvalue weighted by Gasteiger charge is 2.11. The summed E-state index contributed by atoms with van der Waals surface area (Å²) >= 11 is 1.81. The van der Waals surface area contributed by atoms with E-state index in [0.717, 1.165) is 5.75 Å². The van der Waals surface area contributed by atoms with Crippen LogP contribution in [0.5, 0.6) is 0 Å². The molecule has 0 saturated heterocycles. The summed E-state index contributed by atoms with van der Waals surface area (Å²) in [5.74, 6) is 1.10. The van der Waals surface area contributed by atoms with Crippen LogP contribution < -0.4 is 5.32 Å². The molecule has 66 valence electrons. The van der Waals surface area contributed by atoms with Gasteiger partial charge in [0, 0.05) is 5.75 Å². The molecule has 0 aromatic carbocycles. The molecule has 0 spiro atoms. The maximum Gasteiger partial charge on any atom is 0.147 e. The molecule has 1 atom stereocenters. The van der Waals surface area contributed by atoms with Gasteiger partial charge in [0.25, 0.3) is 0 Å². The van der Waals surface area contributed by atoms with Crippen molar-refractivity contribution in [3.8, 4) is 0 Å². The number of rotatable bonds is 5. The predicted molar refractivity (Wildman–Crippen MR) is 51.1 cm³/mol. The molecule has 1 N–H and O–H groups in total. The summed E-state index contributed by atoms with van der Waals surface area (Å²) in [6.45, 7) is 5.90. The predicted octanol–water partition coefficient (Wildman–Crippen LogP) is 1.30. The van der Waals surface area contributed by atoms with Crippen LogP contribution in [0.4, 0.5) is 0 Å². The summed E-state index contributed by atoms with van der Waals surface area (Å²) in [7, 11) is 1.83. The molecule has 0 aliphatic heterocycles. The van der Waals surface area contributed by atoms with Gasteiger partial charge in [0.1, 0.15) is 5.78 Å². The number of ketones is 1. The summed E-state index contributed by atoms with van der Waals surface area (Å²) in [5.41, 5.74) is 0. The summed E-state index contributed by atoms with van der Waals surface area (Å²) in [4.78, 5) is 10.9. The smallest absolute Gasteiger partial charge is 0.147 e. The van der Waals surface area contributed by atoms with Crippen LogP contribution in [0.3, 0.4) is 0 Å². The van der Waals surface area contributed by atoms with Crippen LogP contribution in [0.1, 0.15) is 20.8 Å². The van der Waals surface area contributed by atoms with Crippen LogP contribution in [0, 0.1) is 0 Å². The largest absolute Gasteiger partial charge is 0.310 e. The zero-order valence-corrected chi connectivity index (χ0v) is 8.49. The normalized spacial score (nSPS) is 13.5. The molecular formula is C8H17NOS. The molecule has 0 aromatic rings. The molecule has 2 nitrogen and oxygen atoms in total. The van der Waals surface area contributed by atoms with E-state index in [1.165, 1.54) is 0 Å². The van der Waals surface area contributed by atoms with E-state index in [2.05, 4.69) is 19.2 Å². The number of carbonyl (C=O) groups is 1. The van der Waals surface area contributed by atoms with Crippen LogP contribution in [-0.4, -0.2) is 29.9 Å². The molecule has 0 fully saturated rings. The Bertz CT molecular complexity index is 125. The molecule has 1 unspecified atom stereocenters. The van der Waals surface area contributed by atoms with E-state index in [0.29, 0.717) is 5.25 Å². The number of thioether (sulfide) groups is 1. The molecule has 0 heterocycles. The maximum absolute atomic E-state index is 10.9. The average molecular weight is 175 g/mol. The summed E-state index contributed by atoms with van der Waals surface area (Å²) in [6.07, 6.45) is 0. The van der Waals surface area contributed by atoms with Crippen molar-refractivity contribution < 1.29 is 4.79 Å². The minimum Gasteiger partial charge on any atom is -0.310 e. The van der Waals surface area contributed by atoms with Gasteiger partial charge in [-0.25, -0.2) is 0 Å². The van der Waals surface area contributed by atoms with Crippen molar-refractivity contribution in [3.63, 3.8) is 0 Å². The quantitative estimate of drug-likeness (QED) is 0.683. The van der Waals surface area contributed by atoms with E-state index in [-0.39, 0.29) is 11.8 Å². The van der Waals surface area contributed by atoms with Gasteiger partial charge in [-0.2, -0.15) is 11.8 Å². The molecule has 0 radical (unpaired) electrons. The Morgan fingerprint density at radius 2 is 2.09 bits per heavy atom. The van der Waals surface area contributed by atoms with Gasteiger partial charge in [0.15, 0.2) is 0 Å². The standard InChI is InChI=1S/C8H17NOS/c1-6(2)11-5-8(9-4)7(3)10/h6,8-9H,5H2,1-4H3. The number of likely N-dealkylation sites (N-methyl/N-ethyl adjacent to an activating group) is 1. The molecular weight excluding hydrogens is 158 g/mol. The van der Waals surface area contributed by atoms with Crippen LogP contribution in [-0.2, 0) is 4.79 Å². The molecule has 3 heteroatoms. The second-order valence-electron chi connectivity index (χ2n) is 2.83. The Kier molecular flexibility index (Phi) is 5.60. The Morgan fingerprint density at radius 3 is 2.36 bits per heavy atom. The molecule has 0 saturated carbocycles. The van der Waals surface area contributed by atoms with Crippen molar-refractivity contribution >= 4 is 17.5 Å². The third-order valence-electron chi connectivity index (χ3n) is 1.44. The fraction of sp³-hybridized carbons (Fsp3) is 0.875. The van der Waals surface area contributed by atoms with Crippen molar-refractivity contribution in [2.75, 3.05) is 12.8 Å². The number of hydrogen-bond donors (Lipinski definition) is 1. The van der Waals surface area contributed by atoms with Gasteiger partial charge in [-0.1, -0.05) is 13.8 Å². The highest BCUT2D eigenvalue weighted by molar-refractivity contribution is 7.99. The second-order valence-corrected chi connectivity index (χ2v) is 4.44. The lowest BCUT2D eigenvalue weighted by molar-refractivity contribution is -0.118. The monoisotopic (exact) mass is 175 g/mol. The zero-order chi connectivity index (χ0) is 8.85. The van der Waals surface area contributed by atoms with E-state index in [1.54, 1.807) is 6.92 Å².